The second-order valence-electron chi connectivity index (χ2n) is 7.92. The van der Waals surface area contributed by atoms with Gasteiger partial charge in [-0.1, -0.05) is 18.5 Å². The van der Waals surface area contributed by atoms with Gasteiger partial charge in [-0.05, 0) is 24.5 Å². The fourth-order valence-corrected chi connectivity index (χ4v) is 6.36. The van der Waals surface area contributed by atoms with Gasteiger partial charge in [0.05, 0.1) is 19.0 Å². The van der Waals surface area contributed by atoms with E-state index in [1.807, 2.05) is 6.92 Å². The number of nitrogens with zero attached hydrogens (tertiary/aromatic N) is 4. The van der Waals surface area contributed by atoms with Gasteiger partial charge in [-0.2, -0.15) is 0 Å². The van der Waals surface area contributed by atoms with Crippen LogP contribution < -0.4 is 0 Å². The lowest BCUT2D eigenvalue weighted by Crippen LogP contribution is -2.61. The molecule has 1 N–H and O–H groups in total. The maximum Gasteiger partial charge on any atom is 0.409 e. The fraction of sp³-hybridized carbons (Fsp3) is 0.526. The molecular weight excluding hydrogens is 449 g/mol. The number of aromatic nitrogens is 3. The zero-order chi connectivity index (χ0) is 22.3. The highest BCUT2D eigenvalue weighted by Crippen LogP contribution is 2.38. The van der Waals surface area contributed by atoms with E-state index in [9.17, 15) is 17.6 Å². The van der Waals surface area contributed by atoms with Crippen molar-refractivity contribution in [2.75, 3.05) is 33.3 Å². The summed E-state index contributed by atoms with van der Waals surface area (Å²) in [6.45, 7) is 2.96. The Hall–Kier alpha value is -2.24. The Morgan fingerprint density at radius 1 is 1.32 bits per heavy atom. The Balaban J connectivity index is 1.44. The highest BCUT2D eigenvalue weighted by Gasteiger charge is 2.45. The molecule has 0 saturated carbocycles. The molecule has 4 rings (SSSR count). The number of sulfonamides is 1. The Labute approximate surface area is 184 Å². The van der Waals surface area contributed by atoms with E-state index in [1.54, 1.807) is 0 Å². The zero-order valence-electron chi connectivity index (χ0n) is 17.1. The molecule has 2 aromatic rings. The first-order valence-electron chi connectivity index (χ1n) is 9.90. The predicted octanol–water partition coefficient (Wildman–Crippen LogP) is 2.47. The van der Waals surface area contributed by atoms with Crippen LogP contribution in [-0.2, 0) is 14.8 Å². The third kappa shape index (κ3) is 4.13. The van der Waals surface area contributed by atoms with E-state index in [4.69, 9.17) is 11.6 Å². The normalized spacial score (nSPS) is 22.9. The lowest BCUT2D eigenvalue weighted by molar-refractivity contribution is 0.0989. The number of ether oxygens (including phenoxy) is 1. The number of hydrogen-bond donors (Lipinski definition) is 1. The summed E-state index contributed by atoms with van der Waals surface area (Å²) in [6, 6.07) is 2.81. The van der Waals surface area contributed by atoms with Gasteiger partial charge in [0.1, 0.15) is 16.8 Å². The Morgan fingerprint density at radius 2 is 2.06 bits per heavy atom. The number of methoxy groups -OCH3 is 1. The van der Waals surface area contributed by atoms with Crippen molar-refractivity contribution in [3.8, 4) is 11.5 Å². The minimum absolute atomic E-state index is 0.00592. The molecule has 31 heavy (non-hydrogen) atoms. The molecule has 0 bridgehead atoms. The minimum atomic E-state index is -3.51. The quantitative estimate of drug-likeness (QED) is 0.733. The topological polar surface area (TPSA) is 108 Å². The standard InChI is InChI=1S/C19H23ClFN5O4S/c1-11-8-26(31(28,29)13-9-25(10-13)19(27)30-2)6-5-14(11)16-17(20)24-18(23-16)15-4-3-12(21)7-22-15/h3-4,7,11,13-14H,5-6,8-10H2,1-2H3,(H,23,24)/t11-,14+/m0/s1. The number of rotatable bonds is 4. The number of nitrogens with one attached hydrogen (secondary N) is 1. The third-order valence-electron chi connectivity index (χ3n) is 5.96. The molecule has 2 aliphatic rings. The Kier molecular flexibility index (Phi) is 5.93. The van der Waals surface area contributed by atoms with E-state index >= 15 is 0 Å². The predicted molar refractivity (Wildman–Crippen MR) is 112 cm³/mol. The summed E-state index contributed by atoms with van der Waals surface area (Å²) in [4.78, 5) is 24.4. The number of carbonyl (C=O) groups excluding carboxylic acids is 1. The number of H-pyrrole nitrogens is 1. The van der Waals surface area contributed by atoms with E-state index in [2.05, 4.69) is 19.7 Å². The molecule has 2 atom stereocenters. The summed E-state index contributed by atoms with van der Waals surface area (Å²) in [5.74, 6) is -0.00878. The molecule has 168 valence electrons. The molecule has 0 aromatic carbocycles. The summed E-state index contributed by atoms with van der Waals surface area (Å²) < 4.78 is 45.2. The molecule has 2 fully saturated rings. The van der Waals surface area contributed by atoms with Crippen LogP contribution >= 0.6 is 11.6 Å². The van der Waals surface area contributed by atoms with Crippen LogP contribution in [0.25, 0.3) is 11.5 Å². The number of pyridine rings is 1. The highest BCUT2D eigenvalue weighted by molar-refractivity contribution is 7.89. The second-order valence-corrected chi connectivity index (χ2v) is 10.5. The van der Waals surface area contributed by atoms with Gasteiger partial charge < -0.3 is 14.6 Å². The van der Waals surface area contributed by atoms with Gasteiger partial charge in [0, 0.05) is 32.1 Å². The average molecular weight is 472 g/mol. The van der Waals surface area contributed by atoms with Crippen LogP contribution in [0.2, 0.25) is 5.15 Å². The maximum atomic E-state index is 13.1. The average Bonchev–Trinajstić information content (AvgIpc) is 3.08. The summed E-state index contributed by atoms with van der Waals surface area (Å²) in [7, 11) is -2.24. The van der Waals surface area contributed by atoms with Crippen LogP contribution in [0.3, 0.4) is 0 Å². The van der Waals surface area contributed by atoms with Crippen LogP contribution in [0.4, 0.5) is 9.18 Å². The van der Waals surface area contributed by atoms with Gasteiger partial charge in [-0.3, -0.25) is 0 Å². The molecule has 4 heterocycles. The van der Waals surface area contributed by atoms with Crippen molar-refractivity contribution >= 4 is 27.7 Å². The van der Waals surface area contributed by atoms with Crippen molar-refractivity contribution in [1.29, 1.82) is 0 Å². The van der Waals surface area contributed by atoms with Gasteiger partial charge in [0.25, 0.3) is 0 Å². The molecule has 0 spiro atoms. The first-order valence-corrected chi connectivity index (χ1v) is 11.8. The van der Waals surface area contributed by atoms with Gasteiger partial charge in [-0.15, -0.1) is 0 Å². The SMILES string of the molecule is COC(=O)N1CC(S(=O)(=O)N2CC[C@@H](c3[nH]c(-c4ccc(F)cn4)nc3Cl)[C@@H](C)C2)C1. The Bertz CT molecular complexity index is 1070. The van der Waals surface area contributed by atoms with Crippen molar-refractivity contribution in [3.05, 3.63) is 35.0 Å². The maximum absolute atomic E-state index is 13.1. The second kappa shape index (κ2) is 8.36. The Morgan fingerprint density at radius 3 is 2.68 bits per heavy atom. The lowest BCUT2D eigenvalue weighted by Gasteiger charge is -2.42. The monoisotopic (exact) mass is 471 g/mol. The number of halogens is 2. The summed E-state index contributed by atoms with van der Waals surface area (Å²) in [5, 5.41) is -0.302. The fourth-order valence-electron chi connectivity index (χ4n) is 4.13. The van der Waals surface area contributed by atoms with Crippen molar-refractivity contribution < 1.29 is 22.3 Å². The number of imidazole rings is 1. The van der Waals surface area contributed by atoms with Crippen molar-refractivity contribution in [3.63, 3.8) is 0 Å². The van der Waals surface area contributed by atoms with Gasteiger partial charge in [-0.25, -0.2) is 31.9 Å². The van der Waals surface area contributed by atoms with Gasteiger partial charge in [0.15, 0.2) is 11.0 Å². The number of likely N-dealkylation sites (tertiary alicyclic amines) is 1. The molecular formula is C19H23ClFN5O4S. The summed E-state index contributed by atoms with van der Waals surface area (Å²) in [5.41, 5.74) is 1.20. The van der Waals surface area contributed by atoms with Crippen LogP contribution in [0.15, 0.2) is 18.3 Å². The number of piperidine rings is 1. The zero-order valence-corrected chi connectivity index (χ0v) is 18.7. The van der Waals surface area contributed by atoms with E-state index in [-0.39, 0.29) is 24.9 Å². The molecule has 0 radical (unpaired) electrons. The largest absolute Gasteiger partial charge is 0.453 e. The summed E-state index contributed by atoms with van der Waals surface area (Å²) in [6.07, 6.45) is 1.17. The van der Waals surface area contributed by atoms with Gasteiger partial charge in [0.2, 0.25) is 10.0 Å². The van der Waals surface area contributed by atoms with E-state index in [0.717, 1.165) is 11.9 Å². The smallest absolute Gasteiger partial charge is 0.409 e. The molecule has 1 amide bonds. The van der Waals surface area contributed by atoms with Crippen molar-refractivity contribution in [2.45, 2.75) is 24.5 Å². The van der Waals surface area contributed by atoms with Crippen LogP contribution in [-0.4, -0.2) is 77.2 Å². The van der Waals surface area contributed by atoms with Crippen molar-refractivity contribution in [1.82, 2.24) is 24.2 Å². The number of aromatic amines is 1. The van der Waals surface area contributed by atoms with Crippen molar-refractivity contribution in [2.24, 2.45) is 5.92 Å². The van der Waals surface area contributed by atoms with E-state index in [1.165, 1.54) is 28.4 Å². The first kappa shape index (κ1) is 22.0. The van der Waals surface area contributed by atoms with Crippen LogP contribution in [0.1, 0.15) is 25.0 Å². The number of carbonyl (C=O) groups is 1. The number of amides is 1. The summed E-state index contributed by atoms with van der Waals surface area (Å²) >= 11 is 6.37. The molecule has 0 aliphatic carbocycles. The molecule has 9 nitrogen and oxygen atoms in total. The molecule has 0 unspecified atom stereocenters. The van der Waals surface area contributed by atoms with Gasteiger partial charge >= 0.3 is 6.09 Å². The third-order valence-corrected chi connectivity index (χ3v) is 8.44. The molecule has 2 saturated heterocycles. The van der Waals surface area contributed by atoms with E-state index in [0.29, 0.717) is 36.2 Å². The van der Waals surface area contributed by atoms with Crippen LogP contribution in [0.5, 0.6) is 0 Å². The minimum Gasteiger partial charge on any atom is -0.453 e. The van der Waals surface area contributed by atoms with E-state index < -0.39 is 27.2 Å². The highest BCUT2D eigenvalue weighted by atomic mass is 35.5. The molecule has 2 aromatic heterocycles. The van der Waals surface area contributed by atoms with Crippen LogP contribution in [0, 0.1) is 11.7 Å². The lowest BCUT2D eigenvalue weighted by atomic mass is 9.86. The molecule has 2 aliphatic heterocycles. The first-order chi connectivity index (χ1) is 14.7. The molecule has 12 heteroatoms. The number of hydrogen-bond acceptors (Lipinski definition) is 6.